The van der Waals surface area contributed by atoms with Gasteiger partial charge in [-0.25, -0.2) is 4.79 Å². The van der Waals surface area contributed by atoms with Crippen molar-refractivity contribution in [1.29, 1.82) is 0 Å². The summed E-state index contributed by atoms with van der Waals surface area (Å²) in [6, 6.07) is 5.54. The van der Waals surface area contributed by atoms with Crippen molar-refractivity contribution in [3.05, 3.63) is 34.9 Å². The van der Waals surface area contributed by atoms with Gasteiger partial charge in [-0.15, -0.1) is 0 Å². The Labute approximate surface area is 76.1 Å². The van der Waals surface area contributed by atoms with E-state index in [1.54, 1.807) is 12.3 Å². The number of fused-ring (bicyclic) bond motifs is 1. The molecule has 0 atom stereocenters. The average molecular weight is 175 g/mol. The third kappa shape index (κ3) is 1.22. The minimum atomic E-state index is -0.289. The van der Waals surface area contributed by atoms with E-state index in [1.165, 1.54) is 7.11 Å². The van der Waals surface area contributed by atoms with Gasteiger partial charge in [0.15, 0.2) is 0 Å². The molecule has 0 saturated heterocycles. The van der Waals surface area contributed by atoms with Crippen molar-refractivity contribution in [2.75, 3.05) is 7.11 Å². The Hall–Kier alpha value is -1.64. The predicted octanol–water partition coefficient (Wildman–Crippen LogP) is 1.41. The SMILES string of the molecule is COC(=O)c1cccc2c1CN=C2. The van der Waals surface area contributed by atoms with E-state index in [-0.39, 0.29) is 5.97 Å². The van der Waals surface area contributed by atoms with Crippen LogP contribution in [0.3, 0.4) is 0 Å². The minimum absolute atomic E-state index is 0.289. The highest BCUT2D eigenvalue weighted by atomic mass is 16.5. The van der Waals surface area contributed by atoms with Gasteiger partial charge >= 0.3 is 5.97 Å². The Bertz CT molecular complexity index is 383. The van der Waals surface area contributed by atoms with Crippen molar-refractivity contribution in [3.63, 3.8) is 0 Å². The Kier molecular flexibility index (Phi) is 1.85. The molecule has 3 nitrogen and oxygen atoms in total. The highest BCUT2D eigenvalue weighted by Crippen LogP contribution is 2.19. The number of carbonyl (C=O) groups is 1. The van der Waals surface area contributed by atoms with Gasteiger partial charge in [0.2, 0.25) is 0 Å². The second kappa shape index (κ2) is 3.01. The van der Waals surface area contributed by atoms with E-state index in [2.05, 4.69) is 9.73 Å². The predicted molar refractivity (Wildman–Crippen MR) is 49.1 cm³/mol. The maximum atomic E-state index is 11.3. The Morgan fingerprint density at radius 2 is 2.38 bits per heavy atom. The molecule has 1 aliphatic rings. The van der Waals surface area contributed by atoms with Crippen molar-refractivity contribution in [1.82, 2.24) is 0 Å². The largest absolute Gasteiger partial charge is 0.465 e. The number of hydrogen-bond donors (Lipinski definition) is 0. The topological polar surface area (TPSA) is 38.7 Å². The number of carbonyl (C=O) groups excluding carboxylic acids is 1. The normalized spacial score (nSPS) is 12.7. The maximum absolute atomic E-state index is 11.3. The van der Waals surface area contributed by atoms with E-state index < -0.39 is 0 Å². The van der Waals surface area contributed by atoms with Gasteiger partial charge in [-0.1, -0.05) is 12.1 Å². The van der Waals surface area contributed by atoms with Crippen LogP contribution in [-0.2, 0) is 11.3 Å². The molecular formula is C10H9NO2. The monoisotopic (exact) mass is 175 g/mol. The van der Waals surface area contributed by atoms with E-state index in [4.69, 9.17) is 0 Å². The third-order valence-corrected chi connectivity index (χ3v) is 2.10. The molecule has 1 aromatic rings. The molecule has 0 fully saturated rings. The van der Waals surface area contributed by atoms with Gasteiger partial charge in [-0.2, -0.15) is 0 Å². The molecule has 66 valence electrons. The number of rotatable bonds is 1. The molecule has 0 amide bonds. The minimum Gasteiger partial charge on any atom is -0.465 e. The molecule has 0 aromatic heterocycles. The van der Waals surface area contributed by atoms with Crippen molar-refractivity contribution in [2.24, 2.45) is 4.99 Å². The number of benzene rings is 1. The lowest BCUT2D eigenvalue weighted by molar-refractivity contribution is 0.0599. The van der Waals surface area contributed by atoms with Crippen LogP contribution in [0.1, 0.15) is 21.5 Å². The Morgan fingerprint density at radius 3 is 3.15 bits per heavy atom. The van der Waals surface area contributed by atoms with Crippen LogP contribution in [0.2, 0.25) is 0 Å². The fourth-order valence-corrected chi connectivity index (χ4v) is 1.44. The second-order valence-electron chi connectivity index (χ2n) is 2.83. The zero-order valence-electron chi connectivity index (χ0n) is 7.28. The molecule has 2 rings (SSSR count). The molecule has 0 N–H and O–H groups in total. The van der Waals surface area contributed by atoms with Gasteiger partial charge in [-0.3, -0.25) is 4.99 Å². The quantitative estimate of drug-likeness (QED) is 0.605. The molecule has 0 radical (unpaired) electrons. The van der Waals surface area contributed by atoms with Gasteiger partial charge in [0.05, 0.1) is 19.2 Å². The zero-order valence-corrected chi connectivity index (χ0v) is 7.28. The van der Waals surface area contributed by atoms with Crippen LogP contribution in [0.4, 0.5) is 0 Å². The van der Waals surface area contributed by atoms with Gasteiger partial charge in [0.1, 0.15) is 0 Å². The summed E-state index contributed by atoms with van der Waals surface area (Å²) in [5.74, 6) is -0.289. The molecule has 0 unspecified atom stereocenters. The number of nitrogens with zero attached hydrogens (tertiary/aromatic N) is 1. The highest BCUT2D eigenvalue weighted by Gasteiger charge is 2.16. The van der Waals surface area contributed by atoms with Crippen LogP contribution in [0, 0.1) is 0 Å². The van der Waals surface area contributed by atoms with Gasteiger partial charge in [0.25, 0.3) is 0 Å². The number of esters is 1. The van der Waals surface area contributed by atoms with Gasteiger partial charge in [-0.05, 0) is 17.2 Å². The van der Waals surface area contributed by atoms with Crippen LogP contribution in [0.5, 0.6) is 0 Å². The number of hydrogen-bond acceptors (Lipinski definition) is 3. The van der Waals surface area contributed by atoms with E-state index >= 15 is 0 Å². The lowest BCUT2D eigenvalue weighted by atomic mass is 10.0. The first kappa shape index (κ1) is 7.98. The summed E-state index contributed by atoms with van der Waals surface area (Å²) in [6.07, 6.45) is 1.78. The Morgan fingerprint density at radius 1 is 1.54 bits per heavy atom. The summed E-state index contributed by atoms with van der Waals surface area (Å²) in [6.45, 7) is 0.584. The fourth-order valence-electron chi connectivity index (χ4n) is 1.44. The van der Waals surface area contributed by atoms with Crippen LogP contribution in [0.25, 0.3) is 0 Å². The summed E-state index contributed by atoms with van der Waals surface area (Å²) >= 11 is 0. The van der Waals surface area contributed by atoms with Crippen LogP contribution in [0.15, 0.2) is 23.2 Å². The highest BCUT2D eigenvalue weighted by molar-refractivity contribution is 5.96. The van der Waals surface area contributed by atoms with Gasteiger partial charge in [0, 0.05) is 6.21 Å². The second-order valence-corrected chi connectivity index (χ2v) is 2.83. The molecule has 1 aliphatic heterocycles. The summed E-state index contributed by atoms with van der Waals surface area (Å²) < 4.78 is 4.67. The first-order chi connectivity index (χ1) is 6.33. The smallest absolute Gasteiger partial charge is 0.338 e. The van der Waals surface area contributed by atoms with Crippen LogP contribution >= 0.6 is 0 Å². The molecule has 1 heterocycles. The van der Waals surface area contributed by atoms with E-state index in [9.17, 15) is 4.79 Å². The average Bonchev–Trinajstić information content (AvgIpc) is 2.63. The van der Waals surface area contributed by atoms with Crippen molar-refractivity contribution < 1.29 is 9.53 Å². The molecule has 0 aliphatic carbocycles. The molecular weight excluding hydrogens is 166 g/mol. The van der Waals surface area contributed by atoms with E-state index in [0.717, 1.165) is 11.1 Å². The molecule has 3 heteroatoms. The molecule has 0 saturated carbocycles. The van der Waals surface area contributed by atoms with E-state index in [1.807, 2.05) is 12.1 Å². The van der Waals surface area contributed by atoms with Crippen molar-refractivity contribution in [2.45, 2.75) is 6.54 Å². The maximum Gasteiger partial charge on any atom is 0.338 e. The summed E-state index contributed by atoms with van der Waals surface area (Å²) in [7, 11) is 1.39. The zero-order chi connectivity index (χ0) is 9.26. The van der Waals surface area contributed by atoms with Crippen molar-refractivity contribution in [3.8, 4) is 0 Å². The number of ether oxygens (including phenoxy) is 1. The van der Waals surface area contributed by atoms with E-state index in [0.29, 0.717) is 12.1 Å². The summed E-state index contributed by atoms with van der Waals surface area (Å²) in [4.78, 5) is 15.4. The molecule has 0 bridgehead atoms. The Balaban J connectivity index is 2.50. The number of methoxy groups -OCH3 is 1. The molecule has 0 spiro atoms. The molecule has 1 aromatic carbocycles. The lowest BCUT2D eigenvalue weighted by Gasteiger charge is -2.04. The lowest BCUT2D eigenvalue weighted by Crippen LogP contribution is -2.05. The number of aliphatic imine (C=N–C) groups is 1. The first-order valence-electron chi connectivity index (χ1n) is 4.03. The van der Waals surface area contributed by atoms with Crippen LogP contribution < -0.4 is 0 Å². The third-order valence-electron chi connectivity index (χ3n) is 2.10. The van der Waals surface area contributed by atoms with Gasteiger partial charge < -0.3 is 4.74 Å². The summed E-state index contributed by atoms with van der Waals surface area (Å²) in [5.41, 5.74) is 2.61. The first-order valence-corrected chi connectivity index (χ1v) is 4.03. The molecule has 13 heavy (non-hydrogen) atoms. The van der Waals surface area contributed by atoms with Crippen molar-refractivity contribution >= 4 is 12.2 Å². The fraction of sp³-hybridized carbons (Fsp3) is 0.200. The standard InChI is InChI=1S/C10H9NO2/c1-13-10(12)8-4-2-3-7-5-11-6-9(7)8/h2-5H,6H2,1H3. The summed E-state index contributed by atoms with van der Waals surface area (Å²) in [5, 5.41) is 0. The van der Waals surface area contributed by atoms with Crippen LogP contribution in [-0.4, -0.2) is 19.3 Å².